The molecule has 0 saturated carbocycles. The molecule has 144 valence electrons. The Balaban J connectivity index is 1.99. The Bertz CT molecular complexity index is 1110. The van der Waals surface area contributed by atoms with Crippen molar-refractivity contribution in [2.75, 3.05) is 11.9 Å². The molecule has 3 aromatic rings. The van der Waals surface area contributed by atoms with Crippen molar-refractivity contribution in [2.45, 2.75) is 17.6 Å². The molecule has 1 heterocycles. The largest absolute Gasteiger partial charge is 0.417 e. The van der Waals surface area contributed by atoms with E-state index in [0.717, 1.165) is 23.2 Å². The smallest absolute Gasteiger partial charge is 0.367 e. The number of fused-ring (bicyclic) bond motifs is 1. The first kappa shape index (κ1) is 19.2. The van der Waals surface area contributed by atoms with Crippen molar-refractivity contribution >= 4 is 26.7 Å². The lowest BCUT2D eigenvalue weighted by Gasteiger charge is -2.21. The molecule has 0 amide bonds. The van der Waals surface area contributed by atoms with Gasteiger partial charge in [-0.2, -0.15) is 13.2 Å². The number of imidazole rings is 1. The number of aryl methyl sites for hydroxylation is 1. The highest BCUT2D eigenvalue weighted by Gasteiger charge is 2.37. The third-order valence-electron chi connectivity index (χ3n) is 4.27. The molecule has 0 fully saturated rings. The van der Waals surface area contributed by atoms with Crippen LogP contribution in [0.1, 0.15) is 11.4 Å². The number of alkyl halides is 3. The number of para-hydroxylation sites is 2. The van der Waals surface area contributed by atoms with E-state index in [0.29, 0.717) is 5.82 Å². The van der Waals surface area contributed by atoms with Gasteiger partial charge in [0.05, 0.1) is 28.0 Å². The zero-order valence-electron chi connectivity index (χ0n) is 14.5. The number of benzene rings is 2. The topological polar surface area (TPSA) is 81.2 Å². The van der Waals surface area contributed by atoms with E-state index in [-0.39, 0.29) is 12.2 Å². The third kappa shape index (κ3) is 3.76. The molecule has 2 N–H and O–H groups in total. The summed E-state index contributed by atoms with van der Waals surface area (Å²) in [5.41, 5.74) is 0.589. The van der Waals surface area contributed by atoms with Gasteiger partial charge < -0.3 is 9.47 Å². The van der Waals surface area contributed by atoms with Crippen LogP contribution in [-0.4, -0.2) is 25.0 Å². The Morgan fingerprint density at radius 3 is 2.44 bits per heavy atom. The number of rotatable bonds is 4. The third-order valence-corrected chi connectivity index (χ3v) is 5.24. The van der Waals surface area contributed by atoms with Crippen LogP contribution in [0.15, 0.2) is 47.4 Å². The summed E-state index contributed by atoms with van der Waals surface area (Å²) in [5.74, 6) is 0.655. The van der Waals surface area contributed by atoms with E-state index in [9.17, 15) is 21.6 Å². The van der Waals surface area contributed by atoms with E-state index < -0.39 is 26.7 Å². The minimum Gasteiger partial charge on any atom is -0.367 e. The monoisotopic (exact) mass is 398 g/mol. The molecule has 0 unspecified atom stereocenters. The van der Waals surface area contributed by atoms with Crippen LogP contribution in [0.5, 0.6) is 0 Å². The van der Waals surface area contributed by atoms with E-state index in [1.807, 2.05) is 35.9 Å². The number of nitrogens with zero attached hydrogens (tertiary/aromatic N) is 3. The predicted molar refractivity (Wildman–Crippen MR) is 95.6 cm³/mol. The van der Waals surface area contributed by atoms with E-state index in [1.54, 1.807) is 11.9 Å². The molecular formula is C17H17F3N4O2S. The van der Waals surface area contributed by atoms with Crippen LogP contribution < -0.4 is 10.0 Å². The van der Waals surface area contributed by atoms with Gasteiger partial charge in [0.25, 0.3) is 0 Å². The van der Waals surface area contributed by atoms with Crippen molar-refractivity contribution in [3.8, 4) is 0 Å². The van der Waals surface area contributed by atoms with Gasteiger partial charge in [-0.25, -0.2) is 18.5 Å². The van der Waals surface area contributed by atoms with Gasteiger partial charge in [-0.3, -0.25) is 0 Å². The van der Waals surface area contributed by atoms with Crippen molar-refractivity contribution in [1.82, 2.24) is 9.55 Å². The van der Waals surface area contributed by atoms with Crippen LogP contribution in [-0.2, 0) is 29.8 Å². The lowest BCUT2D eigenvalue weighted by molar-refractivity contribution is -0.139. The average molecular weight is 398 g/mol. The Morgan fingerprint density at radius 2 is 1.85 bits per heavy atom. The summed E-state index contributed by atoms with van der Waals surface area (Å²) in [7, 11) is -1.07. The molecule has 0 bridgehead atoms. The first-order valence-corrected chi connectivity index (χ1v) is 9.38. The van der Waals surface area contributed by atoms with Crippen LogP contribution >= 0.6 is 0 Å². The fraction of sp³-hybridized carbons (Fsp3) is 0.235. The molecule has 0 radical (unpaired) electrons. The molecule has 0 aliphatic heterocycles. The van der Waals surface area contributed by atoms with E-state index in [1.165, 1.54) is 6.07 Å². The lowest BCUT2D eigenvalue weighted by Crippen LogP contribution is -2.22. The number of primary sulfonamides is 1. The fourth-order valence-corrected chi connectivity index (χ4v) is 3.60. The van der Waals surface area contributed by atoms with Gasteiger partial charge in [0.15, 0.2) is 0 Å². The van der Waals surface area contributed by atoms with Crippen LogP contribution in [0.4, 0.5) is 18.9 Å². The van der Waals surface area contributed by atoms with Gasteiger partial charge in [-0.05, 0) is 30.3 Å². The first-order valence-electron chi connectivity index (χ1n) is 7.84. The van der Waals surface area contributed by atoms with E-state index in [4.69, 9.17) is 5.14 Å². The number of aromatic nitrogens is 2. The van der Waals surface area contributed by atoms with Gasteiger partial charge in [-0.15, -0.1) is 0 Å². The molecule has 2 aromatic carbocycles. The second kappa shape index (κ2) is 6.54. The molecule has 0 saturated heterocycles. The summed E-state index contributed by atoms with van der Waals surface area (Å²) in [6.07, 6.45) is -4.85. The van der Waals surface area contributed by atoms with Crippen LogP contribution in [0.3, 0.4) is 0 Å². The molecule has 0 aliphatic rings. The molecule has 1 aromatic heterocycles. The Labute approximate surface area is 154 Å². The number of hydrogen-bond acceptors (Lipinski definition) is 4. The number of halogens is 3. The SMILES string of the molecule is CN(Cc1nc2ccccc2n1C)c1ccc(S(N)(=O)=O)c(C(F)(F)F)c1. The van der Waals surface area contributed by atoms with Gasteiger partial charge in [0, 0.05) is 19.8 Å². The number of nitrogens with two attached hydrogens (primary N) is 1. The zero-order valence-corrected chi connectivity index (χ0v) is 15.3. The Morgan fingerprint density at radius 1 is 1.19 bits per heavy atom. The van der Waals surface area contributed by atoms with Crippen molar-refractivity contribution in [3.63, 3.8) is 0 Å². The summed E-state index contributed by atoms with van der Waals surface area (Å²) in [4.78, 5) is 5.10. The fourth-order valence-electron chi connectivity index (χ4n) is 2.87. The highest BCUT2D eigenvalue weighted by Crippen LogP contribution is 2.36. The van der Waals surface area contributed by atoms with Crippen LogP contribution in [0.2, 0.25) is 0 Å². The first-order chi connectivity index (χ1) is 12.5. The predicted octanol–water partition coefficient (Wildman–Crippen LogP) is 2.88. The maximum Gasteiger partial charge on any atom is 0.417 e. The van der Waals surface area contributed by atoms with Crippen LogP contribution in [0.25, 0.3) is 11.0 Å². The van der Waals surface area contributed by atoms with Crippen molar-refractivity contribution in [2.24, 2.45) is 12.2 Å². The van der Waals surface area contributed by atoms with Crippen molar-refractivity contribution in [1.29, 1.82) is 0 Å². The number of anilines is 1. The summed E-state index contributed by atoms with van der Waals surface area (Å²) >= 11 is 0. The second-order valence-electron chi connectivity index (χ2n) is 6.16. The number of hydrogen-bond donors (Lipinski definition) is 1. The van der Waals surface area contributed by atoms with E-state index >= 15 is 0 Å². The molecule has 27 heavy (non-hydrogen) atoms. The van der Waals surface area contributed by atoms with Crippen molar-refractivity contribution < 1.29 is 21.6 Å². The minimum absolute atomic E-state index is 0.196. The molecule has 0 spiro atoms. The van der Waals surface area contributed by atoms with Crippen LogP contribution in [0, 0.1) is 0 Å². The highest BCUT2D eigenvalue weighted by atomic mass is 32.2. The molecule has 3 rings (SSSR count). The average Bonchev–Trinajstić information content (AvgIpc) is 2.89. The summed E-state index contributed by atoms with van der Waals surface area (Å²) in [6, 6.07) is 10.4. The maximum atomic E-state index is 13.3. The van der Waals surface area contributed by atoms with Gasteiger partial charge >= 0.3 is 6.18 Å². The molecule has 0 atom stereocenters. The zero-order chi connectivity index (χ0) is 20.0. The Hall–Kier alpha value is -2.59. The molecule has 6 nitrogen and oxygen atoms in total. The minimum atomic E-state index is -4.85. The summed E-state index contributed by atoms with van der Waals surface area (Å²) < 4.78 is 64.7. The molecular weight excluding hydrogens is 381 g/mol. The quantitative estimate of drug-likeness (QED) is 0.733. The van der Waals surface area contributed by atoms with Gasteiger partial charge in [0.1, 0.15) is 5.82 Å². The Kier molecular flexibility index (Phi) is 4.64. The second-order valence-corrected chi connectivity index (χ2v) is 7.68. The summed E-state index contributed by atoms with van der Waals surface area (Å²) in [6.45, 7) is 0.233. The highest BCUT2D eigenvalue weighted by molar-refractivity contribution is 7.89. The molecule has 0 aliphatic carbocycles. The standard InChI is InChI=1S/C17H17F3N4O2S/c1-23(10-16-22-13-5-3-4-6-14(13)24(16)2)11-7-8-15(27(21,25)26)12(9-11)17(18,19)20/h3-9H,10H2,1-2H3,(H2,21,25,26). The van der Waals surface area contributed by atoms with Crippen molar-refractivity contribution in [3.05, 3.63) is 53.9 Å². The maximum absolute atomic E-state index is 13.3. The summed E-state index contributed by atoms with van der Waals surface area (Å²) in [5, 5.41) is 4.91. The normalized spacial score (nSPS) is 12.5. The van der Waals surface area contributed by atoms with Gasteiger partial charge in [0.2, 0.25) is 10.0 Å². The lowest BCUT2D eigenvalue weighted by atomic mass is 10.2. The van der Waals surface area contributed by atoms with E-state index in [2.05, 4.69) is 4.98 Å². The van der Waals surface area contributed by atoms with Gasteiger partial charge in [-0.1, -0.05) is 12.1 Å². The number of sulfonamides is 1. The molecule has 10 heteroatoms.